The fraction of sp³-hybridized carbons (Fsp3) is 0.450. The summed E-state index contributed by atoms with van der Waals surface area (Å²) in [5.41, 5.74) is 3.62. The molecule has 1 saturated heterocycles. The molecule has 1 aliphatic rings. The predicted molar refractivity (Wildman–Crippen MR) is 105 cm³/mol. The fourth-order valence-corrected chi connectivity index (χ4v) is 3.67. The zero-order valence-electron chi connectivity index (χ0n) is 15.3. The number of thiophene rings is 1. The summed E-state index contributed by atoms with van der Waals surface area (Å²) in [6.07, 6.45) is 0. The van der Waals surface area contributed by atoms with E-state index in [0.29, 0.717) is 0 Å². The Kier molecular flexibility index (Phi) is 5.45. The molecule has 3 rings (SSSR count). The van der Waals surface area contributed by atoms with Crippen LogP contribution in [0.3, 0.4) is 0 Å². The third kappa shape index (κ3) is 4.83. The van der Waals surface area contributed by atoms with E-state index in [2.05, 4.69) is 59.9 Å². The molecule has 5 heteroatoms. The van der Waals surface area contributed by atoms with Gasteiger partial charge in [-0.2, -0.15) is 11.3 Å². The van der Waals surface area contributed by atoms with Gasteiger partial charge >= 0.3 is 6.03 Å². The van der Waals surface area contributed by atoms with Crippen molar-refractivity contribution in [3.05, 3.63) is 52.2 Å². The van der Waals surface area contributed by atoms with Crippen LogP contribution in [0.25, 0.3) is 0 Å². The van der Waals surface area contributed by atoms with Gasteiger partial charge in [0, 0.05) is 38.4 Å². The lowest BCUT2D eigenvalue weighted by Crippen LogP contribution is -2.49. The second kappa shape index (κ2) is 7.58. The molecule has 1 fully saturated rings. The van der Waals surface area contributed by atoms with Crippen molar-refractivity contribution in [3.8, 4) is 0 Å². The number of hydrogen-bond donors (Lipinski definition) is 1. The first-order chi connectivity index (χ1) is 11.9. The lowest BCUT2D eigenvalue weighted by atomic mass is 9.87. The summed E-state index contributed by atoms with van der Waals surface area (Å²) in [5, 5.41) is 7.33. The van der Waals surface area contributed by atoms with Crippen LogP contribution in [-0.4, -0.2) is 42.0 Å². The Morgan fingerprint density at radius 2 is 1.76 bits per heavy atom. The molecule has 0 aliphatic carbocycles. The Hall–Kier alpha value is -1.85. The van der Waals surface area contributed by atoms with E-state index in [0.717, 1.165) is 38.4 Å². The van der Waals surface area contributed by atoms with Gasteiger partial charge in [0.1, 0.15) is 0 Å². The van der Waals surface area contributed by atoms with Crippen molar-refractivity contribution in [2.75, 3.05) is 31.5 Å². The fourth-order valence-electron chi connectivity index (χ4n) is 3.01. The number of nitrogens with one attached hydrogen (secondary N) is 1. The highest BCUT2D eigenvalue weighted by Gasteiger charge is 2.21. The number of carbonyl (C=O) groups is 1. The van der Waals surface area contributed by atoms with E-state index < -0.39 is 0 Å². The molecule has 0 radical (unpaired) electrons. The molecule has 4 nitrogen and oxygen atoms in total. The minimum absolute atomic E-state index is 0.00121. The van der Waals surface area contributed by atoms with Crippen molar-refractivity contribution in [2.24, 2.45) is 0 Å². The minimum Gasteiger partial charge on any atom is -0.322 e. The number of nitrogens with zero attached hydrogens (tertiary/aromatic N) is 2. The highest BCUT2D eigenvalue weighted by Crippen LogP contribution is 2.23. The number of anilines is 1. The molecule has 2 aromatic rings. The van der Waals surface area contributed by atoms with E-state index in [9.17, 15) is 4.79 Å². The van der Waals surface area contributed by atoms with Gasteiger partial charge in [-0.3, -0.25) is 4.90 Å². The van der Waals surface area contributed by atoms with Gasteiger partial charge in [-0.15, -0.1) is 0 Å². The number of piperazine rings is 1. The predicted octanol–water partition coefficient (Wildman–Crippen LogP) is 4.40. The molecule has 0 bridgehead atoms. The molecule has 2 amide bonds. The highest BCUT2D eigenvalue weighted by atomic mass is 32.1. The first-order valence-electron chi connectivity index (χ1n) is 8.82. The second-order valence-electron chi connectivity index (χ2n) is 7.65. The molecule has 1 aromatic heterocycles. The molecule has 0 unspecified atom stereocenters. The SMILES string of the molecule is CC(C)(C)c1ccc(NC(=O)N2CCN(Cc3ccsc3)CC2)cc1. The second-order valence-corrected chi connectivity index (χ2v) is 8.43. The van der Waals surface area contributed by atoms with Gasteiger partial charge in [-0.25, -0.2) is 4.79 Å². The Morgan fingerprint density at radius 3 is 2.32 bits per heavy atom. The first kappa shape index (κ1) is 18.0. The van der Waals surface area contributed by atoms with Crippen molar-refractivity contribution < 1.29 is 4.79 Å². The molecule has 25 heavy (non-hydrogen) atoms. The summed E-state index contributed by atoms with van der Waals surface area (Å²) < 4.78 is 0. The topological polar surface area (TPSA) is 35.6 Å². The maximum absolute atomic E-state index is 12.5. The van der Waals surface area contributed by atoms with E-state index in [1.54, 1.807) is 11.3 Å². The van der Waals surface area contributed by atoms with Gasteiger partial charge in [0.2, 0.25) is 0 Å². The number of amides is 2. The molecular formula is C20H27N3OS. The molecule has 0 atom stereocenters. The smallest absolute Gasteiger partial charge is 0.321 e. The average molecular weight is 358 g/mol. The minimum atomic E-state index is -0.00121. The Morgan fingerprint density at radius 1 is 1.08 bits per heavy atom. The van der Waals surface area contributed by atoms with E-state index >= 15 is 0 Å². The Balaban J connectivity index is 1.49. The van der Waals surface area contributed by atoms with Crippen LogP contribution in [0, 0.1) is 0 Å². The lowest BCUT2D eigenvalue weighted by Gasteiger charge is -2.34. The Bertz CT molecular complexity index is 681. The molecule has 1 aliphatic heterocycles. The normalized spacial score (nSPS) is 16.0. The summed E-state index contributed by atoms with van der Waals surface area (Å²) in [4.78, 5) is 16.8. The number of carbonyl (C=O) groups excluding carboxylic acids is 1. The van der Waals surface area contributed by atoms with Crippen LogP contribution in [-0.2, 0) is 12.0 Å². The summed E-state index contributed by atoms with van der Waals surface area (Å²) in [7, 11) is 0. The van der Waals surface area contributed by atoms with Crippen molar-refractivity contribution in [1.29, 1.82) is 0 Å². The van der Waals surface area contributed by atoms with Crippen LogP contribution in [0.5, 0.6) is 0 Å². The van der Waals surface area contributed by atoms with Crippen molar-refractivity contribution in [1.82, 2.24) is 9.80 Å². The maximum atomic E-state index is 12.5. The number of hydrogen-bond acceptors (Lipinski definition) is 3. The van der Waals surface area contributed by atoms with Gasteiger partial charge in [-0.1, -0.05) is 32.9 Å². The van der Waals surface area contributed by atoms with E-state index in [1.807, 2.05) is 17.0 Å². The molecule has 2 heterocycles. The average Bonchev–Trinajstić information content (AvgIpc) is 3.08. The number of benzene rings is 1. The molecule has 1 aromatic carbocycles. The zero-order valence-corrected chi connectivity index (χ0v) is 16.1. The van der Waals surface area contributed by atoms with Crippen LogP contribution < -0.4 is 5.32 Å². The van der Waals surface area contributed by atoms with Gasteiger partial charge in [0.15, 0.2) is 0 Å². The number of rotatable bonds is 3. The van der Waals surface area contributed by atoms with Crippen LogP contribution >= 0.6 is 11.3 Å². The van der Waals surface area contributed by atoms with Crippen LogP contribution in [0.2, 0.25) is 0 Å². The lowest BCUT2D eigenvalue weighted by molar-refractivity contribution is 0.143. The summed E-state index contributed by atoms with van der Waals surface area (Å²) in [6.45, 7) is 10.9. The Labute approximate surface area is 154 Å². The van der Waals surface area contributed by atoms with Gasteiger partial charge in [-0.05, 0) is 45.5 Å². The zero-order chi connectivity index (χ0) is 17.9. The van der Waals surface area contributed by atoms with E-state index in [4.69, 9.17) is 0 Å². The third-order valence-electron chi connectivity index (χ3n) is 4.65. The molecule has 0 spiro atoms. The molecular weight excluding hydrogens is 330 g/mol. The summed E-state index contributed by atoms with van der Waals surface area (Å²) in [6, 6.07) is 10.3. The first-order valence-corrected chi connectivity index (χ1v) is 9.76. The van der Waals surface area contributed by atoms with Crippen LogP contribution in [0.4, 0.5) is 10.5 Å². The van der Waals surface area contributed by atoms with E-state index in [1.165, 1.54) is 11.1 Å². The molecule has 1 N–H and O–H groups in total. The van der Waals surface area contributed by atoms with Gasteiger partial charge < -0.3 is 10.2 Å². The van der Waals surface area contributed by atoms with E-state index in [-0.39, 0.29) is 11.4 Å². The standard InChI is InChI=1S/C20H27N3OS/c1-20(2,3)17-4-6-18(7-5-17)21-19(24)23-11-9-22(10-12-23)14-16-8-13-25-15-16/h4-8,13,15H,9-12,14H2,1-3H3,(H,21,24). The molecule has 134 valence electrons. The van der Waals surface area contributed by atoms with Crippen LogP contribution in [0.1, 0.15) is 31.9 Å². The van der Waals surface area contributed by atoms with Crippen LogP contribution in [0.15, 0.2) is 41.1 Å². The third-order valence-corrected chi connectivity index (χ3v) is 5.38. The van der Waals surface area contributed by atoms with Crippen molar-refractivity contribution in [3.63, 3.8) is 0 Å². The van der Waals surface area contributed by atoms with Crippen molar-refractivity contribution in [2.45, 2.75) is 32.7 Å². The quantitative estimate of drug-likeness (QED) is 0.884. The van der Waals surface area contributed by atoms with Gasteiger partial charge in [0.25, 0.3) is 0 Å². The maximum Gasteiger partial charge on any atom is 0.321 e. The summed E-state index contributed by atoms with van der Waals surface area (Å²) >= 11 is 1.74. The monoisotopic (exact) mass is 357 g/mol. The summed E-state index contributed by atoms with van der Waals surface area (Å²) in [5.74, 6) is 0. The number of urea groups is 1. The largest absolute Gasteiger partial charge is 0.322 e. The van der Waals surface area contributed by atoms with Gasteiger partial charge in [0.05, 0.1) is 0 Å². The molecule has 0 saturated carbocycles. The highest BCUT2D eigenvalue weighted by molar-refractivity contribution is 7.07. The van der Waals surface area contributed by atoms with Crippen molar-refractivity contribution >= 4 is 23.1 Å².